The third kappa shape index (κ3) is 5.09. The summed E-state index contributed by atoms with van der Waals surface area (Å²) in [6.45, 7) is 1.77. The monoisotopic (exact) mass is 456 g/mol. The number of fused-ring (bicyclic) bond motifs is 2. The minimum absolute atomic E-state index is 0.320. The first-order chi connectivity index (χ1) is 16.2. The van der Waals surface area contributed by atoms with E-state index in [2.05, 4.69) is 37.1 Å². The summed E-state index contributed by atoms with van der Waals surface area (Å²) in [5.74, 6) is 1.29. The van der Waals surface area contributed by atoms with E-state index < -0.39 is 0 Å². The summed E-state index contributed by atoms with van der Waals surface area (Å²) in [7, 11) is 2.67. The Hall–Kier alpha value is -2.78. The zero-order chi connectivity index (χ0) is 23.2. The van der Waals surface area contributed by atoms with Crippen molar-refractivity contribution >= 4 is 22.7 Å². The second kappa shape index (κ2) is 10.9. The number of halogens is 1. The molecule has 0 atom stereocenters. The fourth-order valence-corrected chi connectivity index (χ4v) is 4.83. The molecule has 0 amide bonds. The molecule has 33 heavy (non-hydrogen) atoms. The maximum atomic E-state index is 12.8. The number of ether oxygens (including phenoxy) is 1. The quantitative estimate of drug-likeness (QED) is 0.579. The van der Waals surface area contributed by atoms with Crippen LogP contribution >= 0.6 is 0 Å². The normalized spacial score (nSPS) is 16.7. The van der Waals surface area contributed by atoms with Gasteiger partial charge in [-0.25, -0.2) is 14.1 Å². The van der Waals surface area contributed by atoms with Crippen LogP contribution in [0.1, 0.15) is 49.3 Å². The van der Waals surface area contributed by atoms with Crippen molar-refractivity contribution in [1.82, 2.24) is 24.6 Å². The Bertz CT molecular complexity index is 1070. The zero-order valence-electron chi connectivity index (χ0n) is 19.4. The topological polar surface area (TPSA) is 88.3 Å². The molecular formula is C24H33FN6O2. The van der Waals surface area contributed by atoms with Crippen molar-refractivity contribution in [1.29, 1.82) is 0 Å². The van der Waals surface area contributed by atoms with Crippen LogP contribution in [-0.4, -0.2) is 63.7 Å². The van der Waals surface area contributed by atoms with Gasteiger partial charge in [-0.15, -0.1) is 0 Å². The molecule has 1 fully saturated rings. The maximum Gasteiger partial charge on any atom is 0.229 e. The van der Waals surface area contributed by atoms with Crippen molar-refractivity contribution < 1.29 is 14.2 Å². The standard InChI is InChI=1S/C23H29FN6O.CH4O/c1-31-21-12-16-7-9-29(10-8-24)15-17(16)11-20(21)27-23-25-13-18-14-26-30(22(18)28-23)19-5-3-2-4-6-19;1-2/h11-14,19H,2-10,15H2,1H3,(H,25,27,28);2H,1H3. The van der Waals surface area contributed by atoms with E-state index in [0.29, 0.717) is 18.5 Å². The van der Waals surface area contributed by atoms with Gasteiger partial charge in [0.1, 0.15) is 12.4 Å². The molecule has 0 unspecified atom stereocenters. The summed E-state index contributed by atoms with van der Waals surface area (Å²) in [6.07, 6.45) is 10.7. The highest BCUT2D eigenvalue weighted by Gasteiger charge is 2.21. The van der Waals surface area contributed by atoms with Gasteiger partial charge < -0.3 is 15.2 Å². The predicted molar refractivity (Wildman–Crippen MR) is 127 cm³/mol. The lowest BCUT2D eigenvalue weighted by molar-refractivity contribution is 0.231. The molecule has 3 aromatic rings. The molecule has 178 valence electrons. The number of aliphatic hydroxyl groups is 1. The van der Waals surface area contributed by atoms with E-state index in [1.807, 2.05) is 12.4 Å². The summed E-state index contributed by atoms with van der Waals surface area (Å²) < 4.78 is 20.5. The number of benzene rings is 1. The smallest absolute Gasteiger partial charge is 0.229 e. The molecule has 0 bridgehead atoms. The highest BCUT2D eigenvalue weighted by atomic mass is 19.1. The Labute approximate surface area is 193 Å². The molecule has 2 N–H and O–H groups in total. The molecule has 2 aliphatic rings. The Morgan fingerprint density at radius 1 is 1.15 bits per heavy atom. The molecule has 8 nitrogen and oxygen atoms in total. The number of nitrogens with zero attached hydrogens (tertiary/aromatic N) is 5. The van der Waals surface area contributed by atoms with Crippen molar-refractivity contribution in [2.24, 2.45) is 0 Å². The van der Waals surface area contributed by atoms with Gasteiger partial charge in [0.15, 0.2) is 5.65 Å². The summed E-state index contributed by atoms with van der Waals surface area (Å²) >= 11 is 0. The highest BCUT2D eigenvalue weighted by molar-refractivity contribution is 5.76. The van der Waals surface area contributed by atoms with Crippen LogP contribution in [0.25, 0.3) is 11.0 Å². The van der Waals surface area contributed by atoms with E-state index in [0.717, 1.165) is 61.9 Å². The Morgan fingerprint density at radius 2 is 1.97 bits per heavy atom. The SMILES string of the molecule is CO.COc1cc2c(cc1Nc1ncc3cnn(C4CCCCC4)c3n1)CN(CCF)CC2. The van der Waals surface area contributed by atoms with Gasteiger partial charge in [-0.05, 0) is 42.5 Å². The van der Waals surface area contributed by atoms with Crippen molar-refractivity contribution in [3.8, 4) is 5.75 Å². The molecule has 1 aromatic carbocycles. The lowest BCUT2D eigenvalue weighted by Crippen LogP contribution is -2.32. The first kappa shape index (κ1) is 23.4. The predicted octanol–water partition coefficient (Wildman–Crippen LogP) is 4.02. The molecule has 0 saturated heterocycles. The molecule has 1 saturated carbocycles. The molecule has 1 aliphatic carbocycles. The first-order valence-electron chi connectivity index (χ1n) is 11.7. The van der Waals surface area contributed by atoms with Crippen LogP contribution in [0, 0.1) is 0 Å². The van der Waals surface area contributed by atoms with Gasteiger partial charge in [-0.1, -0.05) is 19.3 Å². The third-order valence-corrected chi connectivity index (χ3v) is 6.51. The number of aromatic nitrogens is 4. The number of alkyl halides is 1. The summed E-state index contributed by atoms with van der Waals surface area (Å²) in [4.78, 5) is 11.4. The van der Waals surface area contributed by atoms with Gasteiger partial charge in [0.25, 0.3) is 0 Å². The lowest BCUT2D eigenvalue weighted by atomic mass is 9.96. The number of anilines is 2. The van der Waals surface area contributed by atoms with Crippen LogP contribution in [0.4, 0.5) is 16.0 Å². The largest absolute Gasteiger partial charge is 0.495 e. The van der Waals surface area contributed by atoms with Gasteiger partial charge in [0.2, 0.25) is 5.95 Å². The van der Waals surface area contributed by atoms with Crippen molar-refractivity contribution in [3.05, 3.63) is 35.7 Å². The number of methoxy groups -OCH3 is 1. The van der Waals surface area contributed by atoms with Crippen LogP contribution in [-0.2, 0) is 13.0 Å². The van der Waals surface area contributed by atoms with E-state index in [1.54, 1.807) is 7.11 Å². The molecule has 0 radical (unpaired) electrons. The Kier molecular flexibility index (Phi) is 7.72. The van der Waals surface area contributed by atoms with Crippen LogP contribution < -0.4 is 10.1 Å². The number of hydrogen-bond acceptors (Lipinski definition) is 7. The van der Waals surface area contributed by atoms with Gasteiger partial charge in [0, 0.05) is 32.9 Å². The van der Waals surface area contributed by atoms with E-state index in [9.17, 15) is 4.39 Å². The van der Waals surface area contributed by atoms with E-state index >= 15 is 0 Å². The molecule has 2 aromatic heterocycles. The third-order valence-electron chi connectivity index (χ3n) is 6.51. The van der Waals surface area contributed by atoms with Crippen molar-refractivity contribution in [2.75, 3.05) is 39.3 Å². The summed E-state index contributed by atoms with van der Waals surface area (Å²) in [5, 5.41) is 15.9. The van der Waals surface area contributed by atoms with Crippen molar-refractivity contribution in [3.63, 3.8) is 0 Å². The summed E-state index contributed by atoms with van der Waals surface area (Å²) in [6, 6.07) is 4.58. The van der Waals surface area contributed by atoms with E-state index in [-0.39, 0.29) is 6.67 Å². The average molecular weight is 457 g/mol. The van der Waals surface area contributed by atoms with Gasteiger partial charge in [-0.3, -0.25) is 4.90 Å². The number of nitrogens with one attached hydrogen (secondary N) is 1. The zero-order valence-corrected chi connectivity index (χ0v) is 19.4. The van der Waals surface area contributed by atoms with Crippen LogP contribution in [0.2, 0.25) is 0 Å². The Balaban J connectivity index is 0.00000126. The van der Waals surface area contributed by atoms with Crippen LogP contribution in [0.15, 0.2) is 24.5 Å². The summed E-state index contributed by atoms with van der Waals surface area (Å²) in [5.41, 5.74) is 4.14. The second-order valence-electron chi connectivity index (χ2n) is 8.51. The number of aliphatic hydroxyl groups excluding tert-OH is 1. The highest BCUT2D eigenvalue weighted by Crippen LogP contribution is 2.34. The van der Waals surface area contributed by atoms with Crippen LogP contribution in [0.5, 0.6) is 5.75 Å². The van der Waals surface area contributed by atoms with Crippen LogP contribution in [0.3, 0.4) is 0 Å². The first-order valence-corrected chi connectivity index (χ1v) is 11.7. The molecule has 3 heterocycles. The molecular weight excluding hydrogens is 423 g/mol. The van der Waals surface area contributed by atoms with Gasteiger partial charge in [0.05, 0.1) is 30.4 Å². The lowest BCUT2D eigenvalue weighted by Gasteiger charge is -2.28. The average Bonchev–Trinajstić information content (AvgIpc) is 3.29. The minimum Gasteiger partial charge on any atom is -0.495 e. The fourth-order valence-electron chi connectivity index (χ4n) is 4.83. The number of rotatable bonds is 6. The van der Waals surface area contributed by atoms with E-state index in [4.69, 9.17) is 14.8 Å². The van der Waals surface area contributed by atoms with E-state index in [1.165, 1.54) is 30.4 Å². The maximum absolute atomic E-state index is 12.8. The fraction of sp³-hybridized carbons (Fsp3) is 0.542. The second-order valence-corrected chi connectivity index (χ2v) is 8.51. The molecule has 1 aliphatic heterocycles. The molecule has 5 rings (SSSR count). The molecule has 9 heteroatoms. The van der Waals surface area contributed by atoms with Crippen molar-refractivity contribution in [2.45, 2.75) is 51.1 Å². The van der Waals surface area contributed by atoms with Gasteiger partial charge >= 0.3 is 0 Å². The minimum atomic E-state index is -0.320. The van der Waals surface area contributed by atoms with Gasteiger partial charge in [-0.2, -0.15) is 10.1 Å². The molecule has 0 spiro atoms. The Morgan fingerprint density at radius 3 is 2.73 bits per heavy atom. The number of hydrogen-bond donors (Lipinski definition) is 2.